The first-order valence-corrected chi connectivity index (χ1v) is 6.73. The summed E-state index contributed by atoms with van der Waals surface area (Å²) in [6.45, 7) is 2.98. The van der Waals surface area contributed by atoms with Crippen molar-refractivity contribution in [2.24, 2.45) is 0 Å². The van der Waals surface area contributed by atoms with E-state index in [1.54, 1.807) is 0 Å². The molecule has 2 heterocycles. The van der Waals surface area contributed by atoms with Crippen molar-refractivity contribution >= 4 is 11.8 Å². The molecule has 0 radical (unpaired) electrons. The van der Waals surface area contributed by atoms with Crippen LogP contribution in [0.3, 0.4) is 0 Å². The number of thioether (sulfide) groups is 1. The van der Waals surface area contributed by atoms with Crippen molar-refractivity contribution in [3.8, 4) is 0 Å². The van der Waals surface area contributed by atoms with Crippen LogP contribution in [0.2, 0.25) is 0 Å². The quantitative estimate of drug-likeness (QED) is 0.850. The van der Waals surface area contributed by atoms with Crippen LogP contribution in [0.4, 0.5) is 0 Å². The van der Waals surface area contributed by atoms with Gasteiger partial charge in [-0.3, -0.25) is 4.98 Å². The van der Waals surface area contributed by atoms with Gasteiger partial charge in [-0.1, -0.05) is 6.07 Å². The van der Waals surface area contributed by atoms with Crippen LogP contribution in [-0.2, 0) is 6.54 Å². The molecule has 1 aliphatic heterocycles. The molecule has 1 aromatic heterocycles. The summed E-state index contributed by atoms with van der Waals surface area (Å²) in [5.74, 6) is 2.60. The summed E-state index contributed by atoms with van der Waals surface area (Å²) in [6, 6.07) is 4.93. The van der Waals surface area contributed by atoms with Gasteiger partial charge in [0.15, 0.2) is 0 Å². The second-order valence-electron chi connectivity index (χ2n) is 4.10. The van der Waals surface area contributed by atoms with E-state index in [0.717, 1.165) is 12.2 Å². The number of hydrogen-bond donors (Lipinski definition) is 1. The van der Waals surface area contributed by atoms with Crippen LogP contribution in [0.15, 0.2) is 18.3 Å². The molecule has 1 N–H and O–H groups in total. The molecule has 15 heavy (non-hydrogen) atoms. The Bertz CT molecular complexity index is 291. The third kappa shape index (κ3) is 3.50. The van der Waals surface area contributed by atoms with Gasteiger partial charge in [0.25, 0.3) is 0 Å². The lowest BCUT2D eigenvalue weighted by atomic mass is 10.1. The van der Waals surface area contributed by atoms with Crippen molar-refractivity contribution < 1.29 is 0 Å². The number of hydrogen-bond acceptors (Lipinski definition) is 3. The first-order chi connectivity index (χ1) is 7.34. The smallest absolute Gasteiger partial charge is 0.0372 e. The molecule has 1 aliphatic rings. The van der Waals surface area contributed by atoms with Gasteiger partial charge in [-0.2, -0.15) is 11.8 Å². The molecule has 1 aromatic rings. The molecular formula is C12H18N2S. The summed E-state index contributed by atoms with van der Waals surface area (Å²) >= 11 is 2.06. The van der Waals surface area contributed by atoms with Gasteiger partial charge in [0.05, 0.1) is 0 Å². The monoisotopic (exact) mass is 222 g/mol. The molecular weight excluding hydrogens is 204 g/mol. The number of rotatable bonds is 3. The first kappa shape index (κ1) is 11.0. The van der Waals surface area contributed by atoms with E-state index in [4.69, 9.17) is 0 Å². The van der Waals surface area contributed by atoms with Crippen LogP contribution in [0.5, 0.6) is 0 Å². The predicted molar refractivity (Wildman–Crippen MR) is 66.2 cm³/mol. The Kier molecular flexibility index (Phi) is 4.03. The largest absolute Gasteiger partial charge is 0.309 e. The zero-order chi connectivity index (χ0) is 10.5. The molecule has 2 nitrogen and oxygen atoms in total. The van der Waals surface area contributed by atoms with E-state index >= 15 is 0 Å². The standard InChI is InChI=1S/C12H18N2S/c1-10-4-5-11(7-13-10)8-14-12-3-2-6-15-9-12/h4-5,7,12,14H,2-3,6,8-9H2,1H3. The Balaban J connectivity index is 1.79. The number of nitrogens with one attached hydrogen (secondary N) is 1. The molecule has 1 unspecified atom stereocenters. The van der Waals surface area contributed by atoms with Gasteiger partial charge < -0.3 is 5.32 Å². The fraction of sp³-hybridized carbons (Fsp3) is 0.583. The minimum atomic E-state index is 0.699. The van der Waals surface area contributed by atoms with E-state index in [9.17, 15) is 0 Å². The Morgan fingerprint density at radius 3 is 3.13 bits per heavy atom. The van der Waals surface area contributed by atoms with Gasteiger partial charge in [0.2, 0.25) is 0 Å². The van der Waals surface area contributed by atoms with E-state index in [1.807, 2.05) is 13.1 Å². The Labute approximate surface area is 95.9 Å². The van der Waals surface area contributed by atoms with Crippen molar-refractivity contribution in [1.82, 2.24) is 10.3 Å². The Morgan fingerprint density at radius 1 is 1.53 bits per heavy atom. The van der Waals surface area contributed by atoms with Crippen LogP contribution in [-0.4, -0.2) is 22.5 Å². The third-order valence-corrected chi connectivity index (χ3v) is 3.94. The van der Waals surface area contributed by atoms with E-state index in [-0.39, 0.29) is 0 Å². The molecule has 0 spiro atoms. The Morgan fingerprint density at radius 2 is 2.47 bits per heavy atom. The first-order valence-electron chi connectivity index (χ1n) is 5.57. The van der Waals surface area contributed by atoms with Gasteiger partial charge in [0, 0.05) is 30.2 Å². The number of aromatic nitrogens is 1. The second-order valence-corrected chi connectivity index (χ2v) is 5.25. The molecule has 0 aliphatic carbocycles. The summed E-state index contributed by atoms with van der Waals surface area (Å²) in [5.41, 5.74) is 2.38. The topological polar surface area (TPSA) is 24.9 Å². The number of pyridine rings is 1. The normalized spacial score (nSPS) is 21.5. The molecule has 2 rings (SSSR count). The van der Waals surface area contributed by atoms with Crippen molar-refractivity contribution in [1.29, 1.82) is 0 Å². The molecule has 0 saturated carbocycles. The van der Waals surface area contributed by atoms with Gasteiger partial charge in [-0.25, -0.2) is 0 Å². The van der Waals surface area contributed by atoms with Crippen LogP contribution in [0, 0.1) is 6.92 Å². The van der Waals surface area contributed by atoms with Crippen LogP contribution < -0.4 is 5.32 Å². The summed E-state index contributed by atoms with van der Waals surface area (Å²) in [7, 11) is 0. The molecule has 82 valence electrons. The van der Waals surface area contributed by atoms with Crippen LogP contribution in [0.1, 0.15) is 24.1 Å². The molecule has 0 aromatic carbocycles. The zero-order valence-electron chi connectivity index (χ0n) is 9.20. The fourth-order valence-corrected chi connectivity index (χ4v) is 2.87. The lowest BCUT2D eigenvalue weighted by Gasteiger charge is -2.22. The van der Waals surface area contributed by atoms with Crippen LogP contribution >= 0.6 is 11.8 Å². The van der Waals surface area contributed by atoms with Gasteiger partial charge >= 0.3 is 0 Å². The second kappa shape index (κ2) is 5.52. The number of aryl methyl sites for hydroxylation is 1. The molecule has 0 bridgehead atoms. The average Bonchev–Trinajstić information content (AvgIpc) is 2.30. The third-order valence-electron chi connectivity index (χ3n) is 2.73. The summed E-state index contributed by atoms with van der Waals surface area (Å²) in [4.78, 5) is 4.30. The maximum atomic E-state index is 4.30. The Hall–Kier alpha value is -0.540. The summed E-state index contributed by atoms with van der Waals surface area (Å²) in [6.07, 6.45) is 4.65. The van der Waals surface area contributed by atoms with Gasteiger partial charge in [-0.05, 0) is 37.1 Å². The maximum Gasteiger partial charge on any atom is 0.0372 e. The molecule has 3 heteroatoms. The van der Waals surface area contributed by atoms with Gasteiger partial charge in [-0.15, -0.1) is 0 Å². The van der Waals surface area contributed by atoms with E-state index in [1.165, 1.54) is 29.9 Å². The van der Waals surface area contributed by atoms with Crippen molar-refractivity contribution in [3.63, 3.8) is 0 Å². The average molecular weight is 222 g/mol. The van der Waals surface area contributed by atoms with E-state index < -0.39 is 0 Å². The molecule has 0 amide bonds. The van der Waals surface area contributed by atoms with Crippen molar-refractivity contribution in [3.05, 3.63) is 29.6 Å². The summed E-state index contributed by atoms with van der Waals surface area (Å²) < 4.78 is 0. The van der Waals surface area contributed by atoms with E-state index in [2.05, 4.69) is 34.2 Å². The lowest BCUT2D eigenvalue weighted by Crippen LogP contribution is -2.33. The maximum absolute atomic E-state index is 4.30. The molecule has 1 saturated heterocycles. The van der Waals surface area contributed by atoms with E-state index in [0.29, 0.717) is 6.04 Å². The molecule has 1 atom stereocenters. The fourth-order valence-electron chi connectivity index (χ4n) is 1.77. The lowest BCUT2D eigenvalue weighted by molar-refractivity contribution is 0.507. The van der Waals surface area contributed by atoms with Gasteiger partial charge in [0.1, 0.15) is 0 Å². The number of nitrogens with zero attached hydrogens (tertiary/aromatic N) is 1. The van der Waals surface area contributed by atoms with Crippen molar-refractivity contribution in [2.75, 3.05) is 11.5 Å². The summed E-state index contributed by atoms with van der Waals surface area (Å²) in [5, 5.41) is 3.60. The zero-order valence-corrected chi connectivity index (χ0v) is 10.0. The minimum absolute atomic E-state index is 0.699. The van der Waals surface area contributed by atoms with Crippen molar-refractivity contribution in [2.45, 2.75) is 32.4 Å². The minimum Gasteiger partial charge on any atom is -0.309 e. The molecule has 1 fully saturated rings. The highest BCUT2D eigenvalue weighted by Crippen LogP contribution is 2.17. The highest BCUT2D eigenvalue weighted by Gasteiger charge is 2.12. The SMILES string of the molecule is Cc1ccc(CNC2CCCSC2)cn1. The highest BCUT2D eigenvalue weighted by molar-refractivity contribution is 7.99. The predicted octanol–water partition coefficient (Wildman–Crippen LogP) is 2.38. The van der Waals surface area contributed by atoms with Crippen LogP contribution in [0.25, 0.3) is 0 Å². The highest BCUT2D eigenvalue weighted by atomic mass is 32.2.